The van der Waals surface area contributed by atoms with Gasteiger partial charge >= 0.3 is 0 Å². The Balaban J connectivity index is 2.67. The normalized spacial score (nSPS) is 12.4. The van der Waals surface area contributed by atoms with Crippen LogP contribution in [0.3, 0.4) is 0 Å². The van der Waals surface area contributed by atoms with E-state index in [0.717, 1.165) is 18.2 Å². The Bertz CT molecular complexity index is 950. The molecule has 22 heavy (non-hydrogen) atoms. The number of hydrogen-bond donors (Lipinski definition) is 1. The van der Waals surface area contributed by atoms with E-state index in [1.807, 2.05) is 0 Å². The van der Waals surface area contributed by atoms with Crippen LogP contribution in [-0.2, 0) is 20.0 Å². The Morgan fingerprint density at radius 2 is 1.36 bits per heavy atom. The highest BCUT2D eigenvalue weighted by Gasteiger charge is 2.23. The van der Waals surface area contributed by atoms with Crippen LogP contribution in [0.4, 0.5) is 0 Å². The van der Waals surface area contributed by atoms with E-state index >= 15 is 0 Å². The predicted molar refractivity (Wildman–Crippen MR) is 82.9 cm³/mol. The predicted octanol–water partition coefficient (Wildman–Crippen LogP) is 3.38. The van der Waals surface area contributed by atoms with Crippen molar-refractivity contribution in [1.29, 1.82) is 0 Å². The molecule has 2 rings (SSSR count). The lowest BCUT2D eigenvalue weighted by molar-refractivity contribution is 0.483. The molecule has 0 aliphatic carbocycles. The van der Waals surface area contributed by atoms with Crippen LogP contribution < -0.4 is 0 Å². The van der Waals surface area contributed by atoms with Crippen molar-refractivity contribution in [3.05, 3.63) is 52.0 Å². The molecule has 0 saturated heterocycles. The van der Waals surface area contributed by atoms with E-state index in [2.05, 4.69) is 0 Å². The van der Waals surface area contributed by atoms with Crippen molar-refractivity contribution in [2.75, 3.05) is 0 Å². The van der Waals surface area contributed by atoms with Crippen molar-refractivity contribution in [2.24, 2.45) is 0 Å². The van der Waals surface area contributed by atoms with E-state index in [4.69, 9.17) is 27.8 Å². The van der Waals surface area contributed by atoms with Gasteiger partial charge in [0.25, 0.3) is 10.1 Å². The topological polar surface area (TPSA) is 88.5 Å². The van der Waals surface area contributed by atoms with Crippen LogP contribution in [-0.4, -0.2) is 21.4 Å². The number of halogens is 2. The maximum absolute atomic E-state index is 12.5. The van der Waals surface area contributed by atoms with Gasteiger partial charge in [0.2, 0.25) is 9.84 Å². The molecule has 0 heterocycles. The van der Waals surface area contributed by atoms with Crippen LogP contribution in [0.2, 0.25) is 10.0 Å². The van der Waals surface area contributed by atoms with Crippen molar-refractivity contribution in [3.63, 3.8) is 0 Å². The molecule has 0 aliphatic rings. The second-order valence-corrected chi connectivity index (χ2v) is 8.64. The molecular weight excluding hydrogens is 371 g/mol. The van der Waals surface area contributed by atoms with E-state index < -0.39 is 24.9 Å². The Morgan fingerprint density at radius 3 is 1.86 bits per heavy atom. The minimum Gasteiger partial charge on any atom is -0.282 e. The molecule has 2 aromatic rings. The average Bonchev–Trinajstić information content (AvgIpc) is 2.40. The van der Waals surface area contributed by atoms with E-state index in [1.54, 1.807) is 6.92 Å². The molecule has 0 aliphatic heterocycles. The van der Waals surface area contributed by atoms with Crippen molar-refractivity contribution < 1.29 is 21.4 Å². The van der Waals surface area contributed by atoms with E-state index in [9.17, 15) is 16.8 Å². The number of rotatable bonds is 3. The van der Waals surface area contributed by atoms with Gasteiger partial charge in [-0.25, -0.2) is 8.42 Å². The van der Waals surface area contributed by atoms with Gasteiger partial charge in [0.15, 0.2) is 0 Å². The first-order valence-corrected chi connectivity index (χ1v) is 9.49. The molecular formula is C13H10Cl2O5S2. The largest absolute Gasteiger partial charge is 0.296 e. The summed E-state index contributed by atoms with van der Waals surface area (Å²) in [5.74, 6) is 0. The van der Waals surface area contributed by atoms with Crippen LogP contribution in [0, 0.1) is 6.92 Å². The van der Waals surface area contributed by atoms with Crippen LogP contribution in [0.5, 0.6) is 0 Å². The number of sulfone groups is 1. The minimum atomic E-state index is -4.63. The highest BCUT2D eigenvalue weighted by Crippen LogP contribution is 2.29. The van der Waals surface area contributed by atoms with Gasteiger partial charge in [-0.3, -0.25) is 4.55 Å². The first-order valence-electron chi connectivity index (χ1n) is 5.82. The summed E-state index contributed by atoms with van der Waals surface area (Å²) in [6, 6.07) is 7.20. The Hall–Kier alpha value is -1.12. The monoisotopic (exact) mass is 380 g/mol. The van der Waals surface area contributed by atoms with E-state index in [-0.39, 0.29) is 14.8 Å². The molecule has 5 nitrogen and oxygen atoms in total. The molecule has 0 unspecified atom stereocenters. The summed E-state index contributed by atoms with van der Waals surface area (Å²) in [6.45, 7) is 1.65. The summed E-state index contributed by atoms with van der Waals surface area (Å²) in [4.78, 5) is -1.01. The molecule has 118 valence electrons. The minimum absolute atomic E-state index is 0.0435. The first-order chi connectivity index (χ1) is 10.0. The van der Waals surface area contributed by atoms with E-state index in [0.29, 0.717) is 10.6 Å². The fraction of sp³-hybridized carbons (Fsp3) is 0.0769. The summed E-state index contributed by atoms with van der Waals surface area (Å²) < 4.78 is 56.6. The quantitative estimate of drug-likeness (QED) is 0.824. The molecule has 9 heteroatoms. The van der Waals surface area contributed by atoms with Gasteiger partial charge in [0.05, 0.1) is 14.8 Å². The van der Waals surface area contributed by atoms with Gasteiger partial charge in [-0.2, -0.15) is 8.42 Å². The second-order valence-electron chi connectivity index (χ2n) is 4.48. The maximum atomic E-state index is 12.5. The third kappa shape index (κ3) is 3.28. The zero-order valence-corrected chi connectivity index (χ0v) is 14.3. The zero-order valence-electron chi connectivity index (χ0n) is 11.1. The Labute approximate surface area is 138 Å². The van der Waals surface area contributed by atoms with Crippen molar-refractivity contribution in [3.8, 4) is 0 Å². The van der Waals surface area contributed by atoms with Crippen molar-refractivity contribution >= 4 is 43.2 Å². The highest BCUT2D eigenvalue weighted by molar-refractivity contribution is 7.91. The van der Waals surface area contributed by atoms with Crippen LogP contribution in [0.1, 0.15) is 5.56 Å². The number of aryl methyl sites for hydroxylation is 1. The zero-order chi connectivity index (χ0) is 16.7. The lowest BCUT2D eigenvalue weighted by Crippen LogP contribution is -2.06. The number of hydrogen-bond acceptors (Lipinski definition) is 4. The number of benzene rings is 2. The molecule has 0 spiro atoms. The average molecular weight is 381 g/mol. The van der Waals surface area contributed by atoms with Crippen LogP contribution in [0.15, 0.2) is 51.1 Å². The molecule has 0 saturated carbocycles. The fourth-order valence-electron chi connectivity index (χ4n) is 1.77. The Kier molecular flexibility index (Phi) is 4.56. The van der Waals surface area contributed by atoms with Gasteiger partial charge in [0, 0.05) is 5.02 Å². The summed E-state index contributed by atoms with van der Waals surface area (Å²) in [6.07, 6.45) is 0. The molecule has 0 fully saturated rings. The molecule has 0 aromatic heterocycles. The maximum Gasteiger partial charge on any atom is 0.296 e. The smallest absolute Gasteiger partial charge is 0.282 e. The molecule has 0 atom stereocenters. The van der Waals surface area contributed by atoms with Gasteiger partial charge < -0.3 is 0 Å². The molecule has 0 amide bonds. The lowest BCUT2D eigenvalue weighted by atomic mass is 10.2. The van der Waals surface area contributed by atoms with Gasteiger partial charge in [0.1, 0.15) is 4.90 Å². The van der Waals surface area contributed by atoms with Crippen LogP contribution >= 0.6 is 23.2 Å². The summed E-state index contributed by atoms with van der Waals surface area (Å²) in [7, 11) is -8.60. The van der Waals surface area contributed by atoms with Gasteiger partial charge in [-0.15, -0.1) is 0 Å². The SMILES string of the molecule is Cc1cc(S(=O)(=O)c2ccc(Cl)c(S(=O)(=O)O)c2)ccc1Cl. The molecule has 0 radical (unpaired) electrons. The Morgan fingerprint density at radius 1 is 0.864 bits per heavy atom. The fourth-order valence-corrected chi connectivity index (χ4v) is 4.33. The summed E-state index contributed by atoms with van der Waals surface area (Å²) >= 11 is 11.5. The van der Waals surface area contributed by atoms with Crippen molar-refractivity contribution in [1.82, 2.24) is 0 Å². The highest BCUT2D eigenvalue weighted by atomic mass is 35.5. The van der Waals surface area contributed by atoms with Crippen molar-refractivity contribution in [2.45, 2.75) is 21.6 Å². The van der Waals surface area contributed by atoms with Crippen LogP contribution in [0.25, 0.3) is 0 Å². The lowest BCUT2D eigenvalue weighted by Gasteiger charge is -2.08. The summed E-state index contributed by atoms with van der Waals surface area (Å²) in [5, 5.41) is 0.141. The third-order valence-electron chi connectivity index (χ3n) is 2.93. The van der Waals surface area contributed by atoms with Gasteiger partial charge in [-0.05, 0) is 48.9 Å². The molecule has 1 N–H and O–H groups in total. The van der Waals surface area contributed by atoms with E-state index in [1.165, 1.54) is 18.2 Å². The first kappa shape index (κ1) is 17.2. The molecule has 0 bridgehead atoms. The molecule has 2 aromatic carbocycles. The standard InChI is InChI=1S/C13H10Cl2O5S2/c1-8-6-9(2-4-11(8)14)21(16,17)10-3-5-12(15)13(7-10)22(18,19)20/h2-7H,1H3,(H,18,19,20). The second kappa shape index (κ2) is 5.82. The van der Waals surface area contributed by atoms with Gasteiger partial charge in [-0.1, -0.05) is 23.2 Å². The summed E-state index contributed by atoms with van der Waals surface area (Å²) in [5.41, 5.74) is 0.562. The third-order valence-corrected chi connectivity index (χ3v) is 6.44.